The molecular weight excluding hydrogens is 358 g/mol. The highest BCUT2D eigenvalue weighted by Crippen LogP contribution is 2.22. The van der Waals surface area contributed by atoms with Crippen LogP contribution in [-0.2, 0) is 20.9 Å². The monoisotopic (exact) mass is 379 g/mol. The fourth-order valence-electron chi connectivity index (χ4n) is 2.81. The lowest BCUT2D eigenvalue weighted by Gasteiger charge is -2.31. The quantitative estimate of drug-likeness (QED) is 0.594. The second-order valence-corrected chi connectivity index (χ2v) is 6.49. The van der Waals surface area contributed by atoms with Crippen LogP contribution in [0.1, 0.15) is 24.0 Å². The van der Waals surface area contributed by atoms with Gasteiger partial charge in [0.15, 0.2) is 5.54 Å². The molecule has 0 aliphatic carbocycles. The molecule has 1 aliphatic rings. The summed E-state index contributed by atoms with van der Waals surface area (Å²) in [7, 11) is 0. The highest BCUT2D eigenvalue weighted by molar-refractivity contribution is 6.04. The Labute approximate surface area is 162 Å². The number of carbonyl (C=O) groups is 3. The number of imide groups is 1. The molecule has 3 rings (SSSR count). The molecule has 0 bridgehead atoms. The zero-order valence-electron chi connectivity index (χ0n) is 15.3. The second kappa shape index (κ2) is 8.94. The predicted molar refractivity (Wildman–Crippen MR) is 104 cm³/mol. The maximum atomic E-state index is 12.5. The number of nitrogens with zero attached hydrogens (tertiary/aromatic N) is 1. The first kappa shape index (κ1) is 19.3. The molecule has 7 nitrogen and oxygen atoms in total. The third kappa shape index (κ3) is 5.03. The summed E-state index contributed by atoms with van der Waals surface area (Å²) in [5, 5.41) is 4.90. The molecule has 144 valence electrons. The van der Waals surface area contributed by atoms with Crippen molar-refractivity contribution in [2.75, 3.05) is 6.54 Å². The summed E-state index contributed by atoms with van der Waals surface area (Å²) in [4.78, 5) is 40.5. The number of ether oxygens (including phenoxy) is 1. The highest BCUT2D eigenvalue weighted by Gasteiger charge is 2.42. The van der Waals surface area contributed by atoms with E-state index in [2.05, 4.69) is 15.6 Å². The highest BCUT2D eigenvalue weighted by atomic mass is 16.5. The van der Waals surface area contributed by atoms with Gasteiger partial charge >= 0.3 is 6.09 Å². The Morgan fingerprint density at radius 2 is 1.79 bits per heavy atom. The normalized spacial score (nSPS) is 19.3. The zero-order valence-corrected chi connectivity index (χ0v) is 15.3. The summed E-state index contributed by atoms with van der Waals surface area (Å²) in [6, 6.07) is 18.6. The van der Waals surface area contributed by atoms with Crippen LogP contribution in [0.15, 0.2) is 65.7 Å². The van der Waals surface area contributed by atoms with Crippen molar-refractivity contribution >= 4 is 24.1 Å². The standard InChI is InChI=1S/C21H21N3O4/c25-18-11-12-21(19(26)24-18,23-13-16-7-3-1-4-8-16)15-22-20(27)28-14-17-9-5-2-6-10-17/h1-10,13H,11-12,14-15H2,(H,22,27)(H,24,25,26)/b23-13-. The SMILES string of the molecule is O=C1CCC(CNC(=O)OCc2ccccc2)(/N=C\c2ccccc2)C(=O)N1. The van der Waals surface area contributed by atoms with E-state index in [9.17, 15) is 14.4 Å². The van der Waals surface area contributed by atoms with Gasteiger partial charge in [-0.2, -0.15) is 0 Å². The molecule has 28 heavy (non-hydrogen) atoms. The minimum atomic E-state index is -1.25. The van der Waals surface area contributed by atoms with Crippen molar-refractivity contribution in [1.82, 2.24) is 10.6 Å². The smallest absolute Gasteiger partial charge is 0.407 e. The van der Waals surface area contributed by atoms with Crippen molar-refractivity contribution in [2.45, 2.75) is 25.0 Å². The van der Waals surface area contributed by atoms with E-state index in [1.165, 1.54) is 0 Å². The molecule has 1 saturated heterocycles. The molecule has 1 heterocycles. The van der Waals surface area contributed by atoms with Crippen LogP contribution in [0.4, 0.5) is 4.79 Å². The van der Waals surface area contributed by atoms with E-state index < -0.39 is 17.5 Å². The summed E-state index contributed by atoms with van der Waals surface area (Å²) in [5.74, 6) is -0.874. The van der Waals surface area contributed by atoms with E-state index in [0.29, 0.717) is 0 Å². The Morgan fingerprint density at radius 1 is 1.11 bits per heavy atom. The zero-order chi connectivity index (χ0) is 19.8. The molecule has 3 amide bonds. The summed E-state index contributed by atoms with van der Waals surface area (Å²) in [6.45, 7) is 0.0563. The number of alkyl carbamates (subject to hydrolysis) is 1. The van der Waals surface area contributed by atoms with Gasteiger partial charge in [-0.15, -0.1) is 0 Å². The molecule has 1 fully saturated rings. The fourth-order valence-corrected chi connectivity index (χ4v) is 2.81. The van der Waals surface area contributed by atoms with Gasteiger partial charge < -0.3 is 10.1 Å². The minimum Gasteiger partial charge on any atom is -0.445 e. The fraction of sp³-hybridized carbons (Fsp3) is 0.238. The number of nitrogens with one attached hydrogen (secondary N) is 2. The number of amides is 3. The molecule has 0 aromatic heterocycles. The van der Waals surface area contributed by atoms with E-state index in [-0.39, 0.29) is 31.9 Å². The van der Waals surface area contributed by atoms with Crippen molar-refractivity contribution in [3.63, 3.8) is 0 Å². The van der Waals surface area contributed by atoms with E-state index in [0.717, 1.165) is 11.1 Å². The molecule has 1 aliphatic heterocycles. The van der Waals surface area contributed by atoms with Gasteiger partial charge in [-0.25, -0.2) is 4.79 Å². The lowest BCUT2D eigenvalue weighted by Crippen LogP contribution is -2.57. The third-order valence-electron chi connectivity index (χ3n) is 4.44. The van der Waals surface area contributed by atoms with Crippen molar-refractivity contribution in [3.8, 4) is 0 Å². The Kier molecular flexibility index (Phi) is 6.16. The number of hydrogen-bond donors (Lipinski definition) is 2. The summed E-state index contributed by atoms with van der Waals surface area (Å²) in [5.41, 5.74) is 0.420. The van der Waals surface area contributed by atoms with Crippen molar-refractivity contribution in [2.24, 2.45) is 4.99 Å². The maximum absolute atomic E-state index is 12.5. The molecule has 1 atom stereocenters. The van der Waals surface area contributed by atoms with Crippen molar-refractivity contribution in [3.05, 3.63) is 71.8 Å². The van der Waals surface area contributed by atoms with Gasteiger partial charge in [0.2, 0.25) is 5.91 Å². The molecule has 1 unspecified atom stereocenters. The van der Waals surface area contributed by atoms with Crippen LogP contribution in [0, 0.1) is 0 Å². The predicted octanol–water partition coefficient (Wildman–Crippen LogP) is 2.21. The number of carbonyl (C=O) groups excluding carboxylic acids is 3. The van der Waals surface area contributed by atoms with Gasteiger partial charge in [0.25, 0.3) is 5.91 Å². The molecule has 2 N–H and O–H groups in total. The first-order chi connectivity index (χ1) is 13.6. The molecular formula is C21H21N3O4. The van der Waals surface area contributed by atoms with Gasteiger partial charge in [0.05, 0.1) is 6.54 Å². The Bertz CT molecular complexity index is 868. The molecule has 2 aromatic carbocycles. The average molecular weight is 379 g/mol. The average Bonchev–Trinajstić information content (AvgIpc) is 2.73. The molecule has 0 saturated carbocycles. The van der Waals surface area contributed by atoms with Crippen molar-refractivity contribution in [1.29, 1.82) is 0 Å². The summed E-state index contributed by atoms with van der Waals surface area (Å²) >= 11 is 0. The van der Waals surface area contributed by atoms with Gasteiger partial charge in [-0.05, 0) is 17.5 Å². The number of piperidine rings is 1. The first-order valence-corrected chi connectivity index (χ1v) is 8.96. The van der Waals surface area contributed by atoms with Crippen LogP contribution in [-0.4, -0.2) is 36.2 Å². The van der Waals surface area contributed by atoms with E-state index in [1.54, 1.807) is 6.21 Å². The topological polar surface area (TPSA) is 96.9 Å². The molecule has 7 heteroatoms. The van der Waals surface area contributed by atoms with E-state index in [1.807, 2.05) is 60.7 Å². The van der Waals surface area contributed by atoms with Crippen LogP contribution >= 0.6 is 0 Å². The number of rotatable bonds is 6. The Hall–Kier alpha value is -3.48. The van der Waals surface area contributed by atoms with Crippen LogP contribution in [0.2, 0.25) is 0 Å². The van der Waals surface area contributed by atoms with Gasteiger partial charge in [0.1, 0.15) is 6.61 Å². The second-order valence-electron chi connectivity index (χ2n) is 6.49. The lowest BCUT2D eigenvalue weighted by atomic mass is 9.89. The number of aliphatic imine (C=N–C) groups is 1. The minimum absolute atomic E-state index is 0.0664. The third-order valence-corrected chi connectivity index (χ3v) is 4.44. The van der Waals surface area contributed by atoms with Crippen molar-refractivity contribution < 1.29 is 19.1 Å². The largest absolute Gasteiger partial charge is 0.445 e. The number of benzene rings is 2. The van der Waals surface area contributed by atoms with E-state index in [4.69, 9.17) is 4.74 Å². The van der Waals surface area contributed by atoms with Crippen LogP contribution in [0.3, 0.4) is 0 Å². The summed E-state index contributed by atoms with van der Waals surface area (Å²) < 4.78 is 5.18. The van der Waals surface area contributed by atoms with Gasteiger partial charge in [-0.1, -0.05) is 60.7 Å². The van der Waals surface area contributed by atoms with Gasteiger partial charge in [-0.3, -0.25) is 19.9 Å². The first-order valence-electron chi connectivity index (χ1n) is 8.96. The lowest BCUT2D eigenvalue weighted by molar-refractivity contribution is -0.137. The molecule has 0 spiro atoms. The van der Waals surface area contributed by atoms with E-state index >= 15 is 0 Å². The maximum Gasteiger partial charge on any atom is 0.407 e. The van der Waals surface area contributed by atoms with Crippen LogP contribution in [0.25, 0.3) is 0 Å². The molecule has 2 aromatic rings. The number of hydrogen-bond acceptors (Lipinski definition) is 5. The molecule has 0 radical (unpaired) electrons. The Balaban J connectivity index is 1.65. The Morgan fingerprint density at radius 3 is 2.46 bits per heavy atom. The summed E-state index contributed by atoms with van der Waals surface area (Å²) in [6.07, 6.45) is 1.29. The van der Waals surface area contributed by atoms with Gasteiger partial charge in [0, 0.05) is 12.6 Å². The van der Waals surface area contributed by atoms with Crippen LogP contribution < -0.4 is 10.6 Å². The van der Waals surface area contributed by atoms with Crippen LogP contribution in [0.5, 0.6) is 0 Å².